The lowest BCUT2D eigenvalue weighted by Gasteiger charge is -2.00. The van der Waals surface area contributed by atoms with E-state index in [1.807, 2.05) is 56.3 Å². The first-order valence-electron chi connectivity index (χ1n) is 5.52. The Balaban J connectivity index is 0.000000606. The molecule has 16 heavy (non-hydrogen) atoms. The maximum Gasteiger partial charge on any atom is 0.221 e. The summed E-state index contributed by atoms with van der Waals surface area (Å²) in [5.74, 6) is -0.291. The van der Waals surface area contributed by atoms with Crippen molar-refractivity contribution >= 4 is 16.7 Å². The van der Waals surface area contributed by atoms with Crippen LogP contribution in [0.2, 0.25) is 0 Å². The number of carbonyl (C=O) groups excluding carboxylic acids is 1. The van der Waals surface area contributed by atoms with Crippen LogP contribution in [0.3, 0.4) is 0 Å². The van der Waals surface area contributed by atoms with Crippen LogP contribution in [0.1, 0.15) is 19.4 Å². The SMILES string of the molecule is CC.NC(=O)Cc1ccc2ccccc2c1. The molecule has 0 aliphatic rings. The fourth-order valence-corrected chi connectivity index (χ4v) is 1.55. The molecule has 0 saturated heterocycles. The highest BCUT2D eigenvalue weighted by atomic mass is 16.1. The smallest absolute Gasteiger partial charge is 0.221 e. The molecule has 0 unspecified atom stereocenters. The molecule has 1 amide bonds. The summed E-state index contributed by atoms with van der Waals surface area (Å²) in [6.45, 7) is 4.00. The lowest BCUT2D eigenvalue weighted by Crippen LogP contribution is -2.13. The Morgan fingerprint density at radius 1 is 1.06 bits per heavy atom. The van der Waals surface area contributed by atoms with Gasteiger partial charge in [0.15, 0.2) is 0 Å². The third kappa shape index (κ3) is 3.09. The van der Waals surface area contributed by atoms with E-state index in [0.29, 0.717) is 6.42 Å². The predicted octanol–water partition coefficient (Wildman–Crippen LogP) is 2.89. The topological polar surface area (TPSA) is 43.1 Å². The van der Waals surface area contributed by atoms with Crippen LogP contribution in [0, 0.1) is 0 Å². The van der Waals surface area contributed by atoms with E-state index < -0.39 is 0 Å². The van der Waals surface area contributed by atoms with Gasteiger partial charge >= 0.3 is 0 Å². The van der Waals surface area contributed by atoms with Crippen LogP contribution in [0.5, 0.6) is 0 Å². The summed E-state index contributed by atoms with van der Waals surface area (Å²) in [4.78, 5) is 10.7. The van der Waals surface area contributed by atoms with Gasteiger partial charge < -0.3 is 5.73 Å². The quantitative estimate of drug-likeness (QED) is 0.822. The van der Waals surface area contributed by atoms with Crippen LogP contribution >= 0.6 is 0 Å². The maximum atomic E-state index is 10.7. The Bertz CT molecular complexity index is 477. The molecule has 2 heteroatoms. The molecule has 0 radical (unpaired) electrons. The van der Waals surface area contributed by atoms with Gasteiger partial charge in [0.25, 0.3) is 0 Å². The number of benzene rings is 2. The van der Waals surface area contributed by atoms with E-state index in [1.54, 1.807) is 0 Å². The zero-order valence-corrected chi connectivity index (χ0v) is 9.73. The minimum Gasteiger partial charge on any atom is -0.369 e. The number of carbonyl (C=O) groups is 1. The van der Waals surface area contributed by atoms with E-state index in [4.69, 9.17) is 5.73 Å². The van der Waals surface area contributed by atoms with Crippen LogP contribution < -0.4 is 5.73 Å². The van der Waals surface area contributed by atoms with Crippen molar-refractivity contribution in [3.05, 3.63) is 48.0 Å². The van der Waals surface area contributed by atoms with Gasteiger partial charge in [-0.05, 0) is 16.3 Å². The number of amides is 1. The summed E-state index contributed by atoms with van der Waals surface area (Å²) in [6, 6.07) is 14.0. The largest absolute Gasteiger partial charge is 0.369 e. The summed E-state index contributed by atoms with van der Waals surface area (Å²) in [7, 11) is 0. The van der Waals surface area contributed by atoms with E-state index in [0.717, 1.165) is 10.9 Å². The number of fused-ring (bicyclic) bond motifs is 1. The van der Waals surface area contributed by atoms with E-state index >= 15 is 0 Å². The van der Waals surface area contributed by atoms with Gasteiger partial charge in [-0.25, -0.2) is 0 Å². The van der Waals surface area contributed by atoms with Crippen molar-refractivity contribution in [2.75, 3.05) is 0 Å². The average molecular weight is 215 g/mol. The molecule has 0 bridgehead atoms. The molecule has 84 valence electrons. The molecule has 2 N–H and O–H groups in total. The summed E-state index contributed by atoms with van der Waals surface area (Å²) in [5, 5.41) is 2.33. The molecule has 0 heterocycles. The van der Waals surface area contributed by atoms with Gasteiger partial charge in [-0.15, -0.1) is 0 Å². The number of rotatable bonds is 2. The molecule has 0 saturated carbocycles. The predicted molar refractivity (Wildman–Crippen MR) is 68.2 cm³/mol. The van der Waals surface area contributed by atoms with E-state index in [2.05, 4.69) is 0 Å². The standard InChI is InChI=1S/C12H11NO.C2H6/c13-12(14)8-9-5-6-10-3-1-2-4-11(10)7-9;1-2/h1-7H,8H2,(H2,13,14);1-2H3. The van der Waals surface area contributed by atoms with Crippen molar-refractivity contribution in [2.24, 2.45) is 5.73 Å². The van der Waals surface area contributed by atoms with E-state index in [1.165, 1.54) is 5.39 Å². The number of hydrogen-bond acceptors (Lipinski definition) is 1. The highest BCUT2D eigenvalue weighted by Crippen LogP contribution is 2.15. The fraction of sp³-hybridized carbons (Fsp3) is 0.214. The Morgan fingerprint density at radius 3 is 2.31 bits per heavy atom. The molecular weight excluding hydrogens is 198 g/mol. The van der Waals surface area contributed by atoms with Gasteiger partial charge in [-0.2, -0.15) is 0 Å². The van der Waals surface area contributed by atoms with Gasteiger partial charge in [0.1, 0.15) is 0 Å². The summed E-state index contributed by atoms with van der Waals surface area (Å²) < 4.78 is 0. The minimum atomic E-state index is -0.291. The molecule has 2 aromatic carbocycles. The normalized spacial score (nSPS) is 9.38. The summed E-state index contributed by atoms with van der Waals surface area (Å²) in [5.41, 5.74) is 6.10. The van der Waals surface area contributed by atoms with Crippen LogP contribution in [-0.4, -0.2) is 5.91 Å². The second-order valence-electron chi connectivity index (χ2n) is 3.32. The maximum absolute atomic E-state index is 10.7. The Labute approximate surface area is 96.1 Å². The van der Waals surface area contributed by atoms with Gasteiger partial charge in [0, 0.05) is 0 Å². The molecule has 0 fully saturated rings. The van der Waals surface area contributed by atoms with Crippen molar-refractivity contribution in [2.45, 2.75) is 20.3 Å². The van der Waals surface area contributed by atoms with Gasteiger partial charge in [0.2, 0.25) is 5.91 Å². The van der Waals surface area contributed by atoms with Gasteiger partial charge in [-0.1, -0.05) is 56.3 Å². The number of nitrogens with two attached hydrogens (primary N) is 1. The first-order valence-corrected chi connectivity index (χ1v) is 5.52. The second kappa shape index (κ2) is 5.91. The monoisotopic (exact) mass is 215 g/mol. The lowest BCUT2D eigenvalue weighted by molar-refractivity contribution is -0.117. The van der Waals surface area contributed by atoms with Gasteiger partial charge in [0.05, 0.1) is 6.42 Å². The van der Waals surface area contributed by atoms with E-state index in [-0.39, 0.29) is 5.91 Å². The molecule has 0 spiro atoms. The molecule has 2 rings (SSSR count). The third-order valence-corrected chi connectivity index (χ3v) is 2.19. The van der Waals surface area contributed by atoms with Crippen molar-refractivity contribution in [1.82, 2.24) is 0 Å². The Morgan fingerprint density at radius 2 is 1.69 bits per heavy atom. The Hall–Kier alpha value is -1.83. The van der Waals surface area contributed by atoms with Crippen molar-refractivity contribution in [3.63, 3.8) is 0 Å². The molecule has 0 aliphatic carbocycles. The van der Waals surface area contributed by atoms with Crippen molar-refractivity contribution in [1.29, 1.82) is 0 Å². The zero-order chi connectivity index (χ0) is 12.0. The molecule has 2 aromatic rings. The number of primary amides is 1. The minimum absolute atomic E-state index is 0.291. The second-order valence-corrected chi connectivity index (χ2v) is 3.32. The molecular formula is C14H17NO. The van der Waals surface area contributed by atoms with Crippen molar-refractivity contribution < 1.29 is 4.79 Å². The summed E-state index contributed by atoms with van der Waals surface area (Å²) >= 11 is 0. The Kier molecular flexibility index (Phi) is 4.52. The van der Waals surface area contributed by atoms with Crippen LogP contribution in [-0.2, 0) is 11.2 Å². The molecule has 2 nitrogen and oxygen atoms in total. The molecule has 0 aliphatic heterocycles. The molecule has 0 aromatic heterocycles. The zero-order valence-electron chi connectivity index (χ0n) is 9.73. The highest BCUT2D eigenvalue weighted by molar-refractivity contribution is 5.84. The fourth-order valence-electron chi connectivity index (χ4n) is 1.55. The van der Waals surface area contributed by atoms with Crippen LogP contribution in [0.25, 0.3) is 10.8 Å². The summed E-state index contributed by atoms with van der Waals surface area (Å²) in [6.07, 6.45) is 0.310. The first-order chi connectivity index (χ1) is 7.75. The average Bonchev–Trinajstić information content (AvgIpc) is 2.31. The lowest BCUT2D eigenvalue weighted by atomic mass is 10.1. The van der Waals surface area contributed by atoms with Crippen LogP contribution in [0.4, 0.5) is 0 Å². The van der Waals surface area contributed by atoms with Crippen molar-refractivity contribution in [3.8, 4) is 0 Å². The first kappa shape index (κ1) is 12.2. The van der Waals surface area contributed by atoms with Crippen LogP contribution in [0.15, 0.2) is 42.5 Å². The third-order valence-electron chi connectivity index (χ3n) is 2.19. The van der Waals surface area contributed by atoms with Gasteiger partial charge in [-0.3, -0.25) is 4.79 Å². The highest BCUT2D eigenvalue weighted by Gasteiger charge is 1.99. The molecule has 0 atom stereocenters. The number of hydrogen-bond donors (Lipinski definition) is 1. The van der Waals surface area contributed by atoms with E-state index in [9.17, 15) is 4.79 Å².